The van der Waals surface area contributed by atoms with E-state index in [0.717, 1.165) is 0 Å². The summed E-state index contributed by atoms with van der Waals surface area (Å²) in [4.78, 5) is 10.5. The van der Waals surface area contributed by atoms with E-state index in [1.807, 2.05) is 0 Å². The third-order valence-electron chi connectivity index (χ3n) is 0.756. The second kappa shape index (κ2) is 8.25. The number of carbonyl (C=O) groups is 1. The van der Waals surface area contributed by atoms with Gasteiger partial charge in [-0.25, -0.2) is 4.79 Å². The van der Waals surface area contributed by atoms with Crippen LogP contribution in [0.4, 0.5) is 4.79 Å². The number of hydrogen-bond acceptors (Lipinski definition) is 6. The molecule has 0 saturated carbocycles. The first-order valence-electron chi connectivity index (χ1n) is 3.16. The molecule has 0 aliphatic carbocycles. The first kappa shape index (κ1) is 11.2. The Balaban J connectivity index is 3.08. The number of methoxy groups -OCH3 is 2. The lowest BCUT2D eigenvalue weighted by Crippen LogP contribution is -2.12. The Hall–Kier alpha value is -0.850. The summed E-state index contributed by atoms with van der Waals surface area (Å²) in [6, 6.07) is 0. The van der Waals surface area contributed by atoms with Gasteiger partial charge in [0, 0.05) is 14.2 Å². The molecule has 0 spiro atoms. The highest BCUT2D eigenvalue weighted by Crippen LogP contribution is 1.86. The second-order valence-corrected chi connectivity index (χ2v) is 1.67. The van der Waals surface area contributed by atoms with Gasteiger partial charge in [-0.05, 0) is 0 Å². The van der Waals surface area contributed by atoms with Crippen LogP contribution in [0.25, 0.3) is 0 Å². The van der Waals surface area contributed by atoms with Crippen molar-refractivity contribution in [2.75, 3.05) is 34.6 Å². The zero-order chi connectivity index (χ0) is 9.23. The van der Waals surface area contributed by atoms with E-state index in [1.54, 1.807) is 0 Å². The van der Waals surface area contributed by atoms with Crippen LogP contribution in [0.15, 0.2) is 0 Å². The number of ether oxygens (including phenoxy) is 5. The summed E-state index contributed by atoms with van der Waals surface area (Å²) >= 11 is 0. The molecule has 0 N–H and O–H groups in total. The fourth-order valence-corrected chi connectivity index (χ4v) is 0.356. The predicted molar refractivity (Wildman–Crippen MR) is 37.3 cm³/mol. The monoisotopic (exact) mass is 180 g/mol. The van der Waals surface area contributed by atoms with Crippen LogP contribution in [0.3, 0.4) is 0 Å². The summed E-state index contributed by atoms with van der Waals surface area (Å²) < 4.78 is 22.4. The van der Waals surface area contributed by atoms with Crippen LogP contribution in [0.2, 0.25) is 0 Å². The Morgan fingerprint density at radius 1 is 1.00 bits per heavy atom. The minimum Gasteiger partial charge on any atom is -0.407 e. The molecule has 0 aromatic heterocycles. The van der Waals surface area contributed by atoms with Crippen molar-refractivity contribution in [3.05, 3.63) is 0 Å². The van der Waals surface area contributed by atoms with E-state index in [1.165, 1.54) is 14.2 Å². The van der Waals surface area contributed by atoms with Crippen molar-refractivity contribution in [3.63, 3.8) is 0 Å². The molecule has 72 valence electrons. The lowest BCUT2D eigenvalue weighted by atomic mass is 11.2. The van der Waals surface area contributed by atoms with Gasteiger partial charge in [0.15, 0.2) is 13.6 Å². The molecule has 0 radical (unpaired) electrons. The molecular formula is C6H12O6. The maximum Gasteiger partial charge on any atom is 0.512 e. The minimum atomic E-state index is -0.840. The van der Waals surface area contributed by atoms with Gasteiger partial charge < -0.3 is 23.7 Å². The van der Waals surface area contributed by atoms with Crippen molar-refractivity contribution in [3.8, 4) is 0 Å². The quantitative estimate of drug-likeness (QED) is 0.333. The lowest BCUT2D eigenvalue weighted by Gasteiger charge is -2.04. The van der Waals surface area contributed by atoms with Crippen LogP contribution in [0, 0.1) is 0 Å². The molecule has 0 atom stereocenters. The molecule has 0 amide bonds. The summed E-state index contributed by atoms with van der Waals surface area (Å²) in [5.74, 6) is 0. The average molecular weight is 180 g/mol. The Morgan fingerprint density at radius 3 is 2.17 bits per heavy atom. The first-order chi connectivity index (χ1) is 5.81. The topological polar surface area (TPSA) is 63.2 Å². The Morgan fingerprint density at radius 2 is 1.58 bits per heavy atom. The molecular weight excluding hydrogens is 168 g/mol. The molecule has 12 heavy (non-hydrogen) atoms. The van der Waals surface area contributed by atoms with Gasteiger partial charge >= 0.3 is 6.16 Å². The Labute approximate surface area is 70.3 Å². The summed E-state index contributed by atoms with van der Waals surface area (Å²) in [5, 5.41) is 0. The summed E-state index contributed by atoms with van der Waals surface area (Å²) in [6.45, 7) is -0.267. The molecule has 0 bridgehead atoms. The molecule has 0 aromatic carbocycles. The molecule has 0 saturated heterocycles. The highest BCUT2D eigenvalue weighted by atomic mass is 16.8. The zero-order valence-electron chi connectivity index (χ0n) is 7.07. The standard InChI is InChI=1S/C6H12O6/c1-8-3-10-5-12-6(7)11-4-9-2/h3-5H2,1-2H3. The van der Waals surface area contributed by atoms with Crippen LogP contribution in [0.1, 0.15) is 0 Å². The van der Waals surface area contributed by atoms with E-state index in [2.05, 4.69) is 23.7 Å². The van der Waals surface area contributed by atoms with Crippen molar-refractivity contribution in [1.29, 1.82) is 0 Å². The highest BCUT2D eigenvalue weighted by molar-refractivity contribution is 5.59. The molecule has 0 unspecified atom stereocenters. The molecule has 0 heterocycles. The van der Waals surface area contributed by atoms with Gasteiger partial charge in [-0.1, -0.05) is 0 Å². The normalized spacial score (nSPS) is 9.50. The van der Waals surface area contributed by atoms with E-state index < -0.39 is 6.16 Å². The molecule has 0 aliphatic heterocycles. The first-order valence-corrected chi connectivity index (χ1v) is 3.16. The van der Waals surface area contributed by atoms with Gasteiger partial charge in [-0.15, -0.1) is 0 Å². The van der Waals surface area contributed by atoms with Crippen LogP contribution in [0.5, 0.6) is 0 Å². The van der Waals surface area contributed by atoms with E-state index in [-0.39, 0.29) is 20.4 Å². The van der Waals surface area contributed by atoms with Crippen LogP contribution in [-0.2, 0) is 23.7 Å². The summed E-state index contributed by atoms with van der Waals surface area (Å²) in [7, 11) is 2.86. The SMILES string of the molecule is COCOCOC(=O)OCOC. The summed E-state index contributed by atoms with van der Waals surface area (Å²) in [5.41, 5.74) is 0. The molecule has 0 aromatic rings. The number of rotatable bonds is 6. The smallest absolute Gasteiger partial charge is 0.407 e. The molecule has 6 heteroatoms. The fourth-order valence-electron chi connectivity index (χ4n) is 0.356. The number of carbonyl (C=O) groups excluding carboxylic acids is 1. The van der Waals surface area contributed by atoms with Gasteiger partial charge in [0.25, 0.3) is 0 Å². The van der Waals surface area contributed by atoms with Gasteiger partial charge in [0.05, 0.1) is 0 Å². The third-order valence-corrected chi connectivity index (χ3v) is 0.756. The third kappa shape index (κ3) is 7.26. The molecule has 0 fully saturated rings. The van der Waals surface area contributed by atoms with E-state index >= 15 is 0 Å². The van der Waals surface area contributed by atoms with Crippen molar-refractivity contribution >= 4 is 6.16 Å². The van der Waals surface area contributed by atoms with Crippen LogP contribution in [-0.4, -0.2) is 40.8 Å². The zero-order valence-corrected chi connectivity index (χ0v) is 7.07. The van der Waals surface area contributed by atoms with Gasteiger partial charge in [-0.3, -0.25) is 0 Å². The van der Waals surface area contributed by atoms with Crippen molar-refractivity contribution in [1.82, 2.24) is 0 Å². The van der Waals surface area contributed by atoms with E-state index in [9.17, 15) is 4.79 Å². The van der Waals surface area contributed by atoms with Gasteiger partial charge in [-0.2, -0.15) is 0 Å². The molecule has 0 rings (SSSR count). The average Bonchev–Trinajstić information content (AvgIpc) is 2.09. The van der Waals surface area contributed by atoms with Crippen molar-refractivity contribution in [2.45, 2.75) is 0 Å². The van der Waals surface area contributed by atoms with Crippen LogP contribution >= 0.6 is 0 Å². The minimum absolute atomic E-state index is 0.0670. The Kier molecular flexibility index (Phi) is 7.66. The van der Waals surface area contributed by atoms with Gasteiger partial charge in [0.2, 0.25) is 0 Å². The maximum absolute atomic E-state index is 10.5. The largest absolute Gasteiger partial charge is 0.512 e. The summed E-state index contributed by atoms with van der Waals surface area (Å²) in [6.07, 6.45) is -0.840. The Bertz CT molecular complexity index is 115. The van der Waals surface area contributed by atoms with E-state index in [4.69, 9.17) is 0 Å². The second-order valence-electron chi connectivity index (χ2n) is 1.67. The van der Waals surface area contributed by atoms with Gasteiger partial charge in [0.1, 0.15) is 6.79 Å². The highest BCUT2D eigenvalue weighted by Gasteiger charge is 2.01. The van der Waals surface area contributed by atoms with Crippen molar-refractivity contribution in [2.24, 2.45) is 0 Å². The van der Waals surface area contributed by atoms with Crippen LogP contribution < -0.4 is 0 Å². The predicted octanol–water partition coefficient (Wildman–Crippen LogP) is 0.322. The molecule has 0 aliphatic rings. The van der Waals surface area contributed by atoms with E-state index in [0.29, 0.717) is 0 Å². The molecule has 6 nitrogen and oxygen atoms in total. The van der Waals surface area contributed by atoms with Crippen molar-refractivity contribution < 1.29 is 28.5 Å². The maximum atomic E-state index is 10.5. The number of hydrogen-bond donors (Lipinski definition) is 0. The lowest BCUT2D eigenvalue weighted by molar-refractivity contribution is -0.116. The fraction of sp³-hybridized carbons (Fsp3) is 0.833.